The second-order valence-electron chi connectivity index (χ2n) is 5.43. The first-order valence-electron chi connectivity index (χ1n) is 6.75. The number of ether oxygens (including phenoxy) is 1. The van der Waals surface area contributed by atoms with Crippen molar-refractivity contribution in [3.63, 3.8) is 0 Å². The highest BCUT2D eigenvalue weighted by Gasteiger charge is 2.19. The van der Waals surface area contributed by atoms with Gasteiger partial charge in [0.15, 0.2) is 11.4 Å². The van der Waals surface area contributed by atoms with Gasteiger partial charge in [0.2, 0.25) is 0 Å². The number of pyridine rings is 1. The number of carbonyl (C=O) groups is 1. The fourth-order valence-corrected chi connectivity index (χ4v) is 2.16. The normalized spacial score (nSPS) is 11.1. The molecule has 2 aromatic rings. The second-order valence-corrected chi connectivity index (χ2v) is 5.43. The number of amides is 1. The minimum absolute atomic E-state index is 0.101. The number of nitrogens with one attached hydrogen (secondary N) is 1. The molecule has 0 bridgehead atoms. The molecule has 0 atom stereocenters. The van der Waals surface area contributed by atoms with Crippen LogP contribution in [0.5, 0.6) is 5.75 Å². The molecule has 20 heavy (non-hydrogen) atoms. The molecule has 2 aromatic heterocycles. The molecular formula is C15H21N3O2. The van der Waals surface area contributed by atoms with Crippen molar-refractivity contribution in [2.24, 2.45) is 5.92 Å². The van der Waals surface area contributed by atoms with E-state index in [4.69, 9.17) is 4.74 Å². The number of hydrogen-bond acceptors (Lipinski definition) is 3. The summed E-state index contributed by atoms with van der Waals surface area (Å²) >= 11 is 0. The third kappa shape index (κ3) is 2.61. The molecule has 0 spiro atoms. The maximum atomic E-state index is 12.3. The predicted octanol–water partition coefficient (Wildman–Crippen LogP) is 2.35. The lowest BCUT2D eigenvalue weighted by atomic mass is 10.2. The molecule has 5 nitrogen and oxygen atoms in total. The molecule has 2 heterocycles. The summed E-state index contributed by atoms with van der Waals surface area (Å²) in [6.45, 7) is 8.58. The number of nitrogens with zero attached hydrogens (tertiary/aromatic N) is 2. The number of rotatable bonds is 4. The Morgan fingerprint density at radius 2 is 2.15 bits per heavy atom. The Balaban J connectivity index is 2.50. The molecule has 1 N–H and O–H groups in total. The third-order valence-electron chi connectivity index (χ3n) is 3.10. The number of imidazole rings is 1. The molecule has 0 saturated carbocycles. The number of fused-ring (bicyclic) bond motifs is 1. The number of hydrogen-bond donors (Lipinski definition) is 1. The van der Waals surface area contributed by atoms with E-state index in [1.54, 1.807) is 11.5 Å². The Labute approximate surface area is 119 Å². The van der Waals surface area contributed by atoms with Crippen LogP contribution in [0.3, 0.4) is 0 Å². The van der Waals surface area contributed by atoms with Crippen molar-refractivity contribution in [3.8, 4) is 5.75 Å². The van der Waals surface area contributed by atoms with Crippen LogP contribution in [0.2, 0.25) is 0 Å². The third-order valence-corrected chi connectivity index (χ3v) is 3.10. The standard InChI is InChI=1S/C15H21N3O2/c1-9(2)7-16-15(19)13-11(4)17-14-12(20-5)6-10(3)8-18(13)14/h6,8-9H,7H2,1-5H3,(H,16,19). The lowest BCUT2D eigenvalue weighted by Gasteiger charge is -2.09. The maximum Gasteiger partial charge on any atom is 0.270 e. The molecule has 0 saturated heterocycles. The van der Waals surface area contributed by atoms with Gasteiger partial charge < -0.3 is 10.1 Å². The zero-order chi connectivity index (χ0) is 14.9. The predicted molar refractivity (Wildman–Crippen MR) is 78.4 cm³/mol. The zero-order valence-corrected chi connectivity index (χ0v) is 12.7. The molecule has 1 amide bonds. The molecule has 0 unspecified atom stereocenters. The van der Waals surface area contributed by atoms with E-state index in [1.807, 2.05) is 26.1 Å². The van der Waals surface area contributed by atoms with Gasteiger partial charge in [0.1, 0.15) is 5.69 Å². The Bertz CT molecular complexity index is 644. The van der Waals surface area contributed by atoms with E-state index in [2.05, 4.69) is 24.1 Å². The Morgan fingerprint density at radius 1 is 1.45 bits per heavy atom. The van der Waals surface area contributed by atoms with Gasteiger partial charge in [0, 0.05) is 12.7 Å². The largest absolute Gasteiger partial charge is 0.493 e. The molecule has 0 aliphatic carbocycles. The van der Waals surface area contributed by atoms with Gasteiger partial charge >= 0.3 is 0 Å². The second kappa shape index (κ2) is 5.53. The molecular weight excluding hydrogens is 254 g/mol. The fourth-order valence-electron chi connectivity index (χ4n) is 2.16. The topological polar surface area (TPSA) is 55.6 Å². The van der Waals surface area contributed by atoms with Crippen molar-refractivity contribution in [1.82, 2.24) is 14.7 Å². The molecule has 108 valence electrons. The van der Waals surface area contributed by atoms with Crippen LogP contribution in [0.15, 0.2) is 12.3 Å². The summed E-state index contributed by atoms with van der Waals surface area (Å²) in [4.78, 5) is 16.8. The molecule has 2 rings (SSSR count). The summed E-state index contributed by atoms with van der Waals surface area (Å²) in [6.07, 6.45) is 1.90. The highest BCUT2D eigenvalue weighted by atomic mass is 16.5. The van der Waals surface area contributed by atoms with E-state index in [1.165, 1.54) is 0 Å². The van der Waals surface area contributed by atoms with Crippen molar-refractivity contribution in [2.45, 2.75) is 27.7 Å². The van der Waals surface area contributed by atoms with Crippen molar-refractivity contribution in [3.05, 3.63) is 29.2 Å². The smallest absolute Gasteiger partial charge is 0.270 e. The summed E-state index contributed by atoms with van der Waals surface area (Å²) in [6, 6.07) is 1.91. The van der Waals surface area contributed by atoms with Gasteiger partial charge in [0.05, 0.1) is 12.8 Å². The molecule has 0 aliphatic heterocycles. The van der Waals surface area contributed by atoms with Gasteiger partial charge in [0.25, 0.3) is 5.91 Å². The van der Waals surface area contributed by atoms with Crippen molar-refractivity contribution in [1.29, 1.82) is 0 Å². The summed E-state index contributed by atoms with van der Waals surface area (Å²) in [5, 5.41) is 2.93. The minimum Gasteiger partial charge on any atom is -0.493 e. The van der Waals surface area contributed by atoms with Crippen LogP contribution >= 0.6 is 0 Å². The van der Waals surface area contributed by atoms with E-state index in [0.29, 0.717) is 35.2 Å². The van der Waals surface area contributed by atoms with Gasteiger partial charge in [-0.25, -0.2) is 4.98 Å². The van der Waals surface area contributed by atoms with E-state index in [9.17, 15) is 4.79 Å². The summed E-state index contributed by atoms with van der Waals surface area (Å²) < 4.78 is 7.14. The molecule has 0 aromatic carbocycles. The first kappa shape index (κ1) is 14.4. The van der Waals surface area contributed by atoms with Crippen LogP contribution in [0.4, 0.5) is 0 Å². The molecule has 5 heteroatoms. The van der Waals surface area contributed by atoms with E-state index in [0.717, 1.165) is 5.56 Å². The summed E-state index contributed by atoms with van der Waals surface area (Å²) in [5.74, 6) is 0.988. The Morgan fingerprint density at radius 3 is 2.75 bits per heavy atom. The average Bonchev–Trinajstić information content (AvgIpc) is 2.71. The van der Waals surface area contributed by atoms with Crippen molar-refractivity contribution >= 4 is 11.6 Å². The fraction of sp³-hybridized carbons (Fsp3) is 0.467. The highest BCUT2D eigenvalue weighted by Crippen LogP contribution is 2.23. The Kier molecular flexibility index (Phi) is 3.97. The highest BCUT2D eigenvalue weighted by molar-refractivity contribution is 5.95. The zero-order valence-electron chi connectivity index (χ0n) is 12.7. The molecule has 0 radical (unpaired) electrons. The maximum absolute atomic E-state index is 12.3. The summed E-state index contributed by atoms with van der Waals surface area (Å²) in [5.41, 5.74) is 2.97. The van der Waals surface area contributed by atoms with Gasteiger partial charge in [-0.05, 0) is 31.4 Å². The average molecular weight is 275 g/mol. The first-order valence-corrected chi connectivity index (χ1v) is 6.75. The quantitative estimate of drug-likeness (QED) is 0.932. The summed E-state index contributed by atoms with van der Waals surface area (Å²) in [7, 11) is 1.61. The Hall–Kier alpha value is -2.04. The van der Waals surface area contributed by atoms with Crippen LogP contribution < -0.4 is 10.1 Å². The van der Waals surface area contributed by atoms with Crippen molar-refractivity contribution in [2.75, 3.05) is 13.7 Å². The first-order chi connectivity index (χ1) is 9.43. The van der Waals surface area contributed by atoms with Crippen LogP contribution in [0.1, 0.15) is 35.6 Å². The lowest BCUT2D eigenvalue weighted by Crippen LogP contribution is -2.28. The number of aromatic nitrogens is 2. The number of aryl methyl sites for hydroxylation is 2. The molecule has 0 fully saturated rings. The van der Waals surface area contributed by atoms with Crippen LogP contribution in [-0.2, 0) is 0 Å². The van der Waals surface area contributed by atoms with E-state index >= 15 is 0 Å². The minimum atomic E-state index is -0.101. The van der Waals surface area contributed by atoms with E-state index < -0.39 is 0 Å². The van der Waals surface area contributed by atoms with Gasteiger partial charge in [-0.3, -0.25) is 9.20 Å². The van der Waals surface area contributed by atoms with Gasteiger partial charge in [-0.15, -0.1) is 0 Å². The van der Waals surface area contributed by atoms with E-state index in [-0.39, 0.29) is 5.91 Å². The molecule has 0 aliphatic rings. The van der Waals surface area contributed by atoms with Crippen molar-refractivity contribution < 1.29 is 9.53 Å². The van der Waals surface area contributed by atoms with Crippen LogP contribution in [-0.4, -0.2) is 28.9 Å². The number of methoxy groups -OCH3 is 1. The monoisotopic (exact) mass is 275 g/mol. The van der Waals surface area contributed by atoms with Crippen LogP contribution in [0, 0.1) is 19.8 Å². The SMILES string of the molecule is COc1cc(C)cn2c(C(=O)NCC(C)C)c(C)nc12. The van der Waals surface area contributed by atoms with Gasteiger partial charge in [-0.1, -0.05) is 13.8 Å². The van der Waals surface area contributed by atoms with Crippen LogP contribution in [0.25, 0.3) is 5.65 Å². The number of carbonyl (C=O) groups excluding carboxylic acids is 1. The lowest BCUT2D eigenvalue weighted by molar-refractivity contribution is 0.0942. The van der Waals surface area contributed by atoms with Gasteiger partial charge in [-0.2, -0.15) is 0 Å².